The van der Waals surface area contributed by atoms with Gasteiger partial charge in [0, 0.05) is 32.4 Å². The average molecular weight is 332 g/mol. The van der Waals surface area contributed by atoms with Gasteiger partial charge in [-0.2, -0.15) is 5.10 Å². The maximum Gasteiger partial charge on any atom is 0.165 e. The van der Waals surface area contributed by atoms with Crippen molar-refractivity contribution in [1.29, 1.82) is 0 Å². The highest BCUT2D eigenvalue weighted by atomic mass is 19.1. The zero-order valence-corrected chi connectivity index (χ0v) is 13.4. The number of nitrogens with one attached hydrogen (secondary N) is 1. The zero-order chi connectivity index (χ0) is 16.6. The second-order valence-electron chi connectivity index (χ2n) is 5.56. The molecule has 0 bridgehead atoms. The van der Waals surface area contributed by atoms with Crippen LogP contribution in [0, 0.1) is 5.82 Å². The minimum absolute atomic E-state index is 0.0780. The first-order chi connectivity index (χ1) is 11.8. The molecule has 1 unspecified atom stereocenters. The topological polar surface area (TPSA) is 59.5 Å². The summed E-state index contributed by atoms with van der Waals surface area (Å²) >= 11 is 0. The number of hydrogen-bond donors (Lipinski definition) is 1. The Bertz CT molecular complexity index is 629. The van der Waals surface area contributed by atoms with Gasteiger partial charge in [0.25, 0.3) is 0 Å². The van der Waals surface area contributed by atoms with Crippen molar-refractivity contribution in [2.45, 2.75) is 6.10 Å². The Hall–Kier alpha value is -2.25. The molecule has 3 rings (SSSR count). The van der Waals surface area contributed by atoms with Crippen LogP contribution in [0.2, 0.25) is 0 Å². The summed E-state index contributed by atoms with van der Waals surface area (Å²) in [7, 11) is 0. The smallest absolute Gasteiger partial charge is 0.165 e. The van der Waals surface area contributed by atoms with Gasteiger partial charge in [0.15, 0.2) is 11.6 Å². The number of nitrogens with zero attached hydrogens (tertiary/aromatic N) is 3. The van der Waals surface area contributed by atoms with Crippen molar-refractivity contribution < 1.29 is 13.9 Å². The summed E-state index contributed by atoms with van der Waals surface area (Å²) in [6.07, 6.45) is 1.72. The summed E-state index contributed by atoms with van der Waals surface area (Å²) in [6, 6.07) is 10.2. The van der Waals surface area contributed by atoms with Crippen LogP contribution in [-0.2, 0) is 4.74 Å². The fourth-order valence-corrected chi connectivity index (χ4v) is 2.57. The van der Waals surface area contributed by atoms with E-state index in [1.165, 1.54) is 6.07 Å². The summed E-state index contributed by atoms with van der Waals surface area (Å²) in [5.74, 6) is 0.707. The highest BCUT2D eigenvalue weighted by Gasteiger charge is 2.20. The monoisotopic (exact) mass is 332 g/mol. The number of para-hydroxylation sites is 1. The predicted octanol–water partition coefficient (Wildman–Crippen LogP) is 1.81. The highest BCUT2D eigenvalue weighted by Crippen LogP contribution is 2.15. The maximum absolute atomic E-state index is 13.5. The molecule has 1 aliphatic rings. The van der Waals surface area contributed by atoms with Crippen LogP contribution in [0.5, 0.6) is 5.75 Å². The Morgan fingerprint density at radius 1 is 1.29 bits per heavy atom. The van der Waals surface area contributed by atoms with E-state index in [9.17, 15) is 4.39 Å². The molecule has 0 amide bonds. The van der Waals surface area contributed by atoms with E-state index >= 15 is 0 Å². The molecule has 0 saturated carbocycles. The third kappa shape index (κ3) is 4.87. The summed E-state index contributed by atoms with van der Waals surface area (Å²) in [6.45, 7) is 4.18. The van der Waals surface area contributed by atoms with E-state index in [0.29, 0.717) is 25.5 Å². The molecule has 2 aromatic rings. The Kier molecular flexibility index (Phi) is 5.92. The van der Waals surface area contributed by atoms with Crippen molar-refractivity contribution in [3.8, 4) is 5.75 Å². The van der Waals surface area contributed by atoms with E-state index in [4.69, 9.17) is 9.47 Å². The molecule has 1 saturated heterocycles. The molecule has 6 nitrogen and oxygen atoms in total. The van der Waals surface area contributed by atoms with Crippen LogP contribution in [-0.4, -0.2) is 60.6 Å². The molecule has 0 spiro atoms. The normalized spacial score (nSPS) is 18.3. The van der Waals surface area contributed by atoms with Crippen molar-refractivity contribution in [3.05, 3.63) is 48.4 Å². The van der Waals surface area contributed by atoms with Crippen molar-refractivity contribution in [3.63, 3.8) is 0 Å². The highest BCUT2D eigenvalue weighted by molar-refractivity contribution is 5.31. The minimum atomic E-state index is -0.328. The first-order valence-corrected chi connectivity index (χ1v) is 8.04. The summed E-state index contributed by atoms with van der Waals surface area (Å²) in [5, 5.41) is 11.0. The number of aromatic nitrogens is 2. The van der Waals surface area contributed by atoms with Crippen LogP contribution < -0.4 is 10.1 Å². The number of anilines is 1. The Balaban J connectivity index is 1.40. The van der Waals surface area contributed by atoms with Crippen molar-refractivity contribution >= 4 is 5.82 Å². The van der Waals surface area contributed by atoms with Crippen LogP contribution >= 0.6 is 0 Å². The van der Waals surface area contributed by atoms with Crippen molar-refractivity contribution in [1.82, 2.24) is 15.1 Å². The van der Waals surface area contributed by atoms with E-state index in [1.54, 1.807) is 24.4 Å². The minimum Gasteiger partial charge on any atom is -0.489 e. The van der Waals surface area contributed by atoms with Gasteiger partial charge >= 0.3 is 0 Å². The lowest BCUT2D eigenvalue weighted by Gasteiger charge is -2.32. The summed E-state index contributed by atoms with van der Waals surface area (Å²) < 4.78 is 24.8. The molecule has 1 atom stereocenters. The molecule has 2 heterocycles. The van der Waals surface area contributed by atoms with Crippen LogP contribution in [0.3, 0.4) is 0 Å². The average Bonchev–Trinajstić information content (AvgIpc) is 2.63. The van der Waals surface area contributed by atoms with Gasteiger partial charge in [0.05, 0.1) is 12.7 Å². The second kappa shape index (κ2) is 8.56. The maximum atomic E-state index is 13.5. The van der Waals surface area contributed by atoms with Gasteiger partial charge in [-0.1, -0.05) is 12.1 Å². The molecule has 1 aromatic carbocycles. The first-order valence-electron chi connectivity index (χ1n) is 8.04. The van der Waals surface area contributed by atoms with Gasteiger partial charge in [-0.15, -0.1) is 5.10 Å². The van der Waals surface area contributed by atoms with Crippen molar-refractivity contribution in [2.75, 3.05) is 44.7 Å². The molecule has 1 N–H and O–H groups in total. The fraction of sp³-hybridized carbons (Fsp3) is 0.412. The Morgan fingerprint density at radius 3 is 3.04 bits per heavy atom. The zero-order valence-electron chi connectivity index (χ0n) is 13.4. The molecule has 0 aliphatic carbocycles. The van der Waals surface area contributed by atoms with E-state index in [0.717, 1.165) is 25.5 Å². The van der Waals surface area contributed by atoms with Gasteiger partial charge in [0.2, 0.25) is 0 Å². The lowest BCUT2D eigenvalue weighted by Crippen LogP contribution is -2.46. The van der Waals surface area contributed by atoms with Crippen LogP contribution in [0.15, 0.2) is 42.6 Å². The second-order valence-corrected chi connectivity index (χ2v) is 5.56. The van der Waals surface area contributed by atoms with E-state index in [2.05, 4.69) is 20.4 Å². The van der Waals surface area contributed by atoms with Gasteiger partial charge in [0.1, 0.15) is 12.4 Å². The largest absolute Gasteiger partial charge is 0.489 e. The molecule has 1 fully saturated rings. The quantitative estimate of drug-likeness (QED) is 0.834. The molecule has 1 aliphatic heterocycles. The SMILES string of the molecule is Fc1ccccc1OCCN1CCOC(CNc2cccnn2)C1. The Morgan fingerprint density at radius 2 is 2.21 bits per heavy atom. The molecule has 1 aromatic heterocycles. The number of benzene rings is 1. The van der Waals surface area contributed by atoms with Gasteiger partial charge in [-0.25, -0.2) is 4.39 Å². The number of morpholine rings is 1. The van der Waals surface area contributed by atoms with E-state index in [-0.39, 0.29) is 11.9 Å². The summed E-state index contributed by atoms with van der Waals surface area (Å²) in [5.41, 5.74) is 0. The molecule has 128 valence electrons. The van der Waals surface area contributed by atoms with Gasteiger partial charge in [-0.05, 0) is 24.3 Å². The molecule has 7 heteroatoms. The molecule has 24 heavy (non-hydrogen) atoms. The van der Waals surface area contributed by atoms with Crippen LogP contribution in [0.1, 0.15) is 0 Å². The standard InChI is InChI=1S/C17H21FN4O2/c18-15-4-1-2-5-16(15)24-11-9-22-8-10-23-14(13-22)12-19-17-6-3-7-20-21-17/h1-7,14H,8-13H2,(H,19,21). The lowest BCUT2D eigenvalue weighted by atomic mass is 10.2. The number of ether oxygens (including phenoxy) is 2. The molecular formula is C17H21FN4O2. The third-order valence-corrected chi connectivity index (χ3v) is 3.81. The first kappa shape index (κ1) is 16.6. The fourth-order valence-electron chi connectivity index (χ4n) is 2.57. The number of rotatable bonds is 7. The molecule has 0 radical (unpaired) electrons. The van der Waals surface area contributed by atoms with E-state index < -0.39 is 0 Å². The number of hydrogen-bond acceptors (Lipinski definition) is 6. The van der Waals surface area contributed by atoms with Gasteiger partial charge < -0.3 is 14.8 Å². The van der Waals surface area contributed by atoms with Gasteiger partial charge in [-0.3, -0.25) is 4.90 Å². The van der Waals surface area contributed by atoms with Crippen LogP contribution in [0.25, 0.3) is 0 Å². The summed E-state index contributed by atoms with van der Waals surface area (Å²) in [4.78, 5) is 2.26. The van der Waals surface area contributed by atoms with Crippen LogP contribution in [0.4, 0.5) is 10.2 Å². The Labute approximate surface area is 140 Å². The van der Waals surface area contributed by atoms with E-state index in [1.807, 2.05) is 12.1 Å². The number of halogens is 1. The molecular weight excluding hydrogens is 311 g/mol. The predicted molar refractivity (Wildman–Crippen MR) is 88.6 cm³/mol. The van der Waals surface area contributed by atoms with Crippen molar-refractivity contribution in [2.24, 2.45) is 0 Å². The third-order valence-electron chi connectivity index (χ3n) is 3.81. The lowest BCUT2D eigenvalue weighted by molar-refractivity contribution is -0.0243.